The second-order valence-corrected chi connectivity index (χ2v) is 8.90. The molecule has 0 aliphatic heterocycles. The number of aromatic nitrogens is 2. The first-order valence-electron chi connectivity index (χ1n) is 10.8. The molecule has 33 heavy (non-hydrogen) atoms. The summed E-state index contributed by atoms with van der Waals surface area (Å²) in [5, 5.41) is 10.6. The Morgan fingerprint density at radius 3 is 2.27 bits per heavy atom. The molecule has 0 radical (unpaired) electrons. The van der Waals surface area contributed by atoms with Gasteiger partial charge in [0.15, 0.2) is 0 Å². The molecule has 2 amide bonds. The third-order valence-electron chi connectivity index (χ3n) is 5.23. The molecule has 0 saturated carbocycles. The van der Waals surface area contributed by atoms with E-state index in [0.29, 0.717) is 17.8 Å². The zero-order chi connectivity index (χ0) is 23.4. The maximum absolute atomic E-state index is 13.0. The van der Waals surface area contributed by atoms with E-state index in [1.54, 1.807) is 24.3 Å². The number of fused-ring (bicyclic) bond motifs is 1. The van der Waals surface area contributed by atoms with Crippen LogP contribution in [0, 0.1) is 0 Å². The highest BCUT2D eigenvalue weighted by molar-refractivity contribution is 6.01. The summed E-state index contributed by atoms with van der Waals surface area (Å²) in [7, 11) is 0. The molecule has 0 fully saturated rings. The predicted molar refractivity (Wildman–Crippen MR) is 127 cm³/mol. The van der Waals surface area contributed by atoms with Crippen molar-refractivity contribution >= 4 is 28.6 Å². The second kappa shape index (κ2) is 9.24. The van der Waals surface area contributed by atoms with Crippen LogP contribution in [0.15, 0.2) is 77.3 Å². The number of hydrogen-bond donors (Lipinski definition) is 2. The zero-order valence-corrected chi connectivity index (χ0v) is 18.8. The number of para-hydroxylation sites is 1. The van der Waals surface area contributed by atoms with Crippen molar-refractivity contribution in [3.8, 4) is 0 Å². The van der Waals surface area contributed by atoms with Crippen LogP contribution in [0.4, 0.5) is 5.69 Å². The van der Waals surface area contributed by atoms with Gasteiger partial charge in [-0.05, 0) is 29.8 Å². The molecule has 1 atom stereocenters. The Bertz CT molecular complexity index is 1260. The standard InChI is InChI=1S/C26H26N4O3/c1-26(2,3)22-19-14-15-20(29-25(19)33-30-22)23(31)28-21(16-17-10-6-4-7-11-17)24(32)27-18-12-8-5-9-13-18/h4-15,21H,16H2,1-3H3,(H,27,32)(H,28,31). The van der Waals surface area contributed by atoms with Gasteiger partial charge in [-0.3, -0.25) is 9.59 Å². The SMILES string of the molecule is CC(C)(C)c1noc2nc(C(=O)NC(Cc3ccccc3)C(=O)Nc3ccccc3)ccc12. The minimum Gasteiger partial charge on any atom is -0.339 e. The Morgan fingerprint density at radius 2 is 1.61 bits per heavy atom. The average molecular weight is 443 g/mol. The lowest BCUT2D eigenvalue weighted by atomic mass is 9.90. The number of rotatable bonds is 6. The molecule has 2 N–H and O–H groups in total. The van der Waals surface area contributed by atoms with Crippen LogP contribution < -0.4 is 10.6 Å². The molecular formula is C26H26N4O3. The number of pyridine rings is 1. The highest BCUT2D eigenvalue weighted by Gasteiger charge is 2.25. The van der Waals surface area contributed by atoms with Crippen molar-refractivity contribution in [2.75, 3.05) is 5.32 Å². The lowest BCUT2D eigenvalue weighted by molar-refractivity contribution is -0.118. The fourth-order valence-electron chi connectivity index (χ4n) is 3.54. The number of nitrogens with zero attached hydrogens (tertiary/aromatic N) is 2. The van der Waals surface area contributed by atoms with Crippen LogP contribution >= 0.6 is 0 Å². The van der Waals surface area contributed by atoms with Crippen LogP contribution in [0.25, 0.3) is 11.1 Å². The van der Waals surface area contributed by atoms with Crippen molar-refractivity contribution in [3.05, 3.63) is 89.7 Å². The van der Waals surface area contributed by atoms with Gasteiger partial charge in [0.25, 0.3) is 11.6 Å². The number of nitrogens with one attached hydrogen (secondary N) is 2. The molecule has 4 rings (SSSR count). The molecule has 168 valence electrons. The summed E-state index contributed by atoms with van der Waals surface area (Å²) in [6, 6.07) is 21.3. The van der Waals surface area contributed by atoms with Crippen molar-refractivity contribution in [2.24, 2.45) is 0 Å². The van der Waals surface area contributed by atoms with Crippen LogP contribution in [-0.2, 0) is 16.6 Å². The largest absolute Gasteiger partial charge is 0.339 e. The third-order valence-corrected chi connectivity index (χ3v) is 5.23. The fourth-order valence-corrected chi connectivity index (χ4v) is 3.54. The van der Waals surface area contributed by atoms with Gasteiger partial charge in [0.05, 0.1) is 11.1 Å². The van der Waals surface area contributed by atoms with Crippen molar-refractivity contribution in [2.45, 2.75) is 38.6 Å². The zero-order valence-electron chi connectivity index (χ0n) is 18.8. The van der Waals surface area contributed by atoms with Crippen molar-refractivity contribution in [1.29, 1.82) is 0 Å². The highest BCUT2D eigenvalue weighted by Crippen LogP contribution is 2.28. The van der Waals surface area contributed by atoms with E-state index in [1.807, 2.05) is 69.3 Å². The third kappa shape index (κ3) is 5.26. The number of carbonyl (C=O) groups excluding carboxylic acids is 2. The minimum absolute atomic E-state index is 0.157. The first-order valence-corrected chi connectivity index (χ1v) is 10.8. The molecular weight excluding hydrogens is 416 g/mol. The van der Waals surface area contributed by atoms with Crippen molar-refractivity contribution < 1.29 is 14.1 Å². The smallest absolute Gasteiger partial charge is 0.270 e. The lowest BCUT2D eigenvalue weighted by Gasteiger charge is -2.18. The topological polar surface area (TPSA) is 97.1 Å². The molecule has 2 aromatic heterocycles. The second-order valence-electron chi connectivity index (χ2n) is 8.90. The molecule has 1 unspecified atom stereocenters. The summed E-state index contributed by atoms with van der Waals surface area (Å²) < 4.78 is 5.37. The van der Waals surface area contributed by atoms with E-state index in [-0.39, 0.29) is 17.0 Å². The van der Waals surface area contributed by atoms with Gasteiger partial charge in [-0.25, -0.2) is 4.98 Å². The number of amides is 2. The van der Waals surface area contributed by atoms with Gasteiger partial charge in [-0.2, -0.15) is 0 Å². The molecule has 0 spiro atoms. The molecule has 0 saturated heterocycles. The summed E-state index contributed by atoms with van der Waals surface area (Å²) >= 11 is 0. The van der Waals surface area contributed by atoms with Gasteiger partial charge in [-0.1, -0.05) is 74.5 Å². The molecule has 2 heterocycles. The van der Waals surface area contributed by atoms with Crippen molar-refractivity contribution in [3.63, 3.8) is 0 Å². The molecule has 7 heteroatoms. The van der Waals surface area contributed by atoms with E-state index < -0.39 is 11.9 Å². The summed E-state index contributed by atoms with van der Waals surface area (Å²) in [5.74, 6) is -0.774. The molecule has 2 aromatic carbocycles. The molecule has 0 bridgehead atoms. The molecule has 4 aromatic rings. The van der Waals surface area contributed by atoms with E-state index in [0.717, 1.165) is 16.6 Å². The van der Waals surface area contributed by atoms with Crippen LogP contribution in [-0.4, -0.2) is 28.0 Å². The normalized spacial score (nSPS) is 12.3. The Morgan fingerprint density at radius 1 is 0.939 bits per heavy atom. The monoisotopic (exact) mass is 442 g/mol. The number of hydrogen-bond acceptors (Lipinski definition) is 5. The number of benzene rings is 2. The van der Waals surface area contributed by atoms with Gasteiger partial charge < -0.3 is 15.2 Å². The van der Waals surface area contributed by atoms with Gasteiger partial charge in [0, 0.05) is 17.5 Å². The molecule has 0 aliphatic rings. The molecule has 7 nitrogen and oxygen atoms in total. The Hall–Kier alpha value is -4.00. The minimum atomic E-state index is -0.794. The predicted octanol–water partition coefficient (Wildman–Crippen LogP) is 4.50. The fraction of sp³-hybridized carbons (Fsp3) is 0.231. The lowest BCUT2D eigenvalue weighted by Crippen LogP contribution is -2.45. The number of anilines is 1. The first kappa shape index (κ1) is 22.2. The summed E-state index contributed by atoms with van der Waals surface area (Å²) in [6.07, 6.45) is 0.337. The van der Waals surface area contributed by atoms with Gasteiger partial charge in [0.2, 0.25) is 5.91 Å². The number of carbonyl (C=O) groups is 2. The van der Waals surface area contributed by atoms with Crippen LogP contribution in [0.2, 0.25) is 0 Å². The average Bonchev–Trinajstić information content (AvgIpc) is 3.24. The maximum Gasteiger partial charge on any atom is 0.270 e. The van der Waals surface area contributed by atoms with Gasteiger partial charge in [-0.15, -0.1) is 0 Å². The van der Waals surface area contributed by atoms with E-state index in [2.05, 4.69) is 20.8 Å². The maximum atomic E-state index is 13.0. The van der Waals surface area contributed by atoms with E-state index in [4.69, 9.17) is 4.52 Å². The summed E-state index contributed by atoms with van der Waals surface area (Å²) in [4.78, 5) is 30.4. The first-order chi connectivity index (χ1) is 15.8. The Kier molecular flexibility index (Phi) is 6.22. The van der Waals surface area contributed by atoms with Gasteiger partial charge >= 0.3 is 0 Å². The molecule has 0 aliphatic carbocycles. The Labute approximate surface area is 192 Å². The van der Waals surface area contributed by atoms with Gasteiger partial charge in [0.1, 0.15) is 11.7 Å². The van der Waals surface area contributed by atoms with Crippen LogP contribution in [0.3, 0.4) is 0 Å². The van der Waals surface area contributed by atoms with E-state index in [9.17, 15) is 9.59 Å². The van der Waals surface area contributed by atoms with Crippen LogP contribution in [0.5, 0.6) is 0 Å². The summed E-state index contributed by atoms with van der Waals surface area (Å²) in [6.45, 7) is 6.10. The van der Waals surface area contributed by atoms with E-state index >= 15 is 0 Å². The highest BCUT2D eigenvalue weighted by atomic mass is 16.5. The quantitative estimate of drug-likeness (QED) is 0.458. The Balaban J connectivity index is 1.57. The van der Waals surface area contributed by atoms with E-state index in [1.165, 1.54) is 0 Å². The van der Waals surface area contributed by atoms with Crippen LogP contribution in [0.1, 0.15) is 42.5 Å². The summed E-state index contributed by atoms with van der Waals surface area (Å²) in [5.41, 5.74) is 2.60. The van der Waals surface area contributed by atoms with Crippen molar-refractivity contribution in [1.82, 2.24) is 15.5 Å².